The fraction of sp³-hybridized carbons (Fsp3) is 0.400. The molecule has 0 fully saturated rings. The molecule has 1 N–H and O–H groups in total. The first-order valence-electron chi connectivity index (χ1n) is 8.63. The van der Waals surface area contributed by atoms with E-state index in [0.717, 1.165) is 12.0 Å². The van der Waals surface area contributed by atoms with Crippen molar-refractivity contribution in [3.8, 4) is 0 Å². The SMILES string of the molecule is CCc1ccc(C(C)NC(C)c2ccc(S(=O)(=O)N(C)C)cc2)cc1. The number of nitrogens with zero attached hydrogens (tertiary/aromatic N) is 1. The van der Waals surface area contributed by atoms with E-state index in [-0.39, 0.29) is 12.1 Å². The van der Waals surface area contributed by atoms with Gasteiger partial charge in [-0.3, -0.25) is 0 Å². The standard InChI is InChI=1S/C20H28N2O2S/c1-6-17-7-9-18(10-8-17)15(2)21-16(3)19-11-13-20(14-12-19)25(23,24)22(4)5/h7-16,21H,6H2,1-5H3. The second-order valence-electron chi connectivity index (χ2n) is 6.56. The zero-order valence-corrected chi connectivity index (χ0v) is 16.5. The maximum absolute atomic E-state index is 12.1. The Balaban J connectivity index is 2.08. The van der Waals surface area contributed by atoms with Gasteiger partial charge in [-0.25, -0.2) is 12.7 Å². The van der Waals surface area contributed by atoms with E-state index >= 15 is 0 Å². The summed E-state index contributed by atoms with van der Waals surface area (Å²) in [6, 6.07) is 16.1. The van der Waals surface area contributed by atoms with E-state index in [2.05, 4.69) is 50.4 Å². The van der Waals surface area contributed by atoms with Gasteiger partial charge in [-0.1, -0.05) is 43.3 Å². The highest BCUT2D eigenvalue weighted by molar-refractivity contribution is 7.89. The van der Waals surface area contributed by atoms with Gasteiger partial charge in [0, 0.05) is 26.2 Å². The van der Waals surface area contributed by atoms with E-state index in [9.17, 15) is 8.42 Å². The molecule has 0 heterocycles. The molecule has 5 heteroatoms. The van der Waals surface area contributed by atoms with Gasteiger partial charge in [-0.05, 0) is 49.1 Å². The van der Waals surface area contributed by atoms with Gasteiger partial charge in [-0.15, -0.1) is 0 Å². The lowest BCUT2D eigenvalue weighted by atomic mass is 10.0. The summed E-state index contributed by atoms with van der Waals surface area (Å²) in [4.78, 5) is 0.316. The molecule has 2 rings (SSSR count). The van der Waals surface area contributed by atoms with Crippen LogP contribution < -0.4 is 5.32 Å². The van der Waals surface area contributed by atoms with Crippen molar-refractivity contribution in [1.29, 1.82) is 0 Å². The van der Waals surface area contributed by atoms with Gasteiger partial charge in [0.2, 0.25) is 10.0 Å². The van der Waals surface area contributed by atoms with Crippen LogP contribution in [0, 0.1) is 0 Å². The van der Waals surface area contributed by atoms with Gasteiger partial charge in [0.1, 0.15) is 0 Å². The summed E-state index contributed by atoms with van der Waals surface area (Å²) in [5.41, 5.74) is 3.65. The van der Waals surface area contributed by atoms with E-state index < -0.39 is 10.0 Å². The zero-order valence-electron chi connectivity index (χ0n) is 15.7. The van der Waals surface area contributed by atoms with Crippen LogP contribution in [0.25, 0.3) is 0 Å². The van der Waals surface area contributed by atoms with E-state index in [4.69, 9.17) is 0 Å². The number of hydrogen-bond donors (Lipinski definition) is 1. The Morgan fingerprint density at radius 3 is 1.72 bits per heavy atom. The number of nitrogens with one attached hydrogen (secondary N) is 1. The quantitative estimate of drug-likeness (QED) is 0.814. The third kappa shape index (κ3) is 4.69. The van der Waals surface area contributed by atoms with Crippen LogP contribution in [0.2, 0.25) is 0 Å². The monoisotopic (exact) mass is 360 g/mol. The van der Waals surface area contributed by atoms with Crippen LogP contribution >= 0.6 is 0 Å². The zero-order chi connectivity index (χ0) is 18.6. The summed E-state index contributed by atoms with van der Waals surface area (Å²) in [5, 5.41) is 3.57. The minimum absolute atomic E-state index is 0.122. The van der Waals surface area contributed by atoms with Gasteiger partial charge in [0.25, 0.3) is 0 Å². The number of benzene rings is 2. The third-order valence-electron chi connectivity index (χ3n) is 4.55. The topological polar surface area (TPSA) is 49.4 Å². The summed E-state index contributed by atoms with van der Waals surface area (Å²) in [6.45, 7) is 6.38. The van der Waals surface area contributed by atoms with Crippen molar-refractivity contribution in [3.63, 3.8) is 0 Å². The van der Waals surface area contributed by atoms with Crippen LogP contribution in [-0.2, 0) is 16.4 Å². The summed E-state index contributed by atoms with van der Waals surface area (Å²) >= 11 is 0. The summed E-state index contributed by atoms with van der Waals surface area (Å²) in [6.07, 6.45) is 1.04. The van der Waals surface area contributed by atoms with Crippen LogP contribution in [0.15, 0.2) is 53.4 Å². The number of rotatable bonds is 7. The Labute approximate surface area is 151 Å². The largest absolute Gasteiger partial charge is 0.304 e. The third-order valence-corrected chi connectivity index (χ3v) is 6.38. The summed E-state index contributed by atoms with van der Waals surface area (Å²) in [5.74, 6) is 0. The average Bonchev–Trinajstić information content (AvgIpc) is 2.61. The van der Waals surface area contributed by atoms with Crippen molar-refractivity contribution in [3.05, 3.63) is 65.2 Å². The van der Waals surface area contributed by atoms with Crippen molar-refractivity contribution in [2.75, 3.05) is 14.1 Å². The molecule has 0 amide bonds. The first-order chi connectivity index (χ1) is 11.8. The van der Waals surface area contributed by atoms with Gasteiger partial charge in [-0.2, -0.15) is 0 Å². The molecule has 0 aliphatic heterocycles. The molecule has 2 unspecified atom stereocenters. The lowest BCUT2D eigenvalue weighted by Gasteiger charge is -2.21. The van der Waals surface area contributed by atoms with Crippen LogP contribution in [0.3, 0.4) is 0 Å². The van der Waals surface area contributed by atoms with E-state index in [1.165, 1.54) is 15.4 Å². The van der Waals surface area contributed by atoms with Crippen LogP contribution in [-0.4, -0.2) is 26.8 Å². The lowest BCUT2D eigenvalue weighted by molar-refractivity contribution is 0.494. The van der Waals surface area contributed by atoms with Gasteiger partial charge in [0.15, 0.2) is 0 Å². The number of hydrogen-bond acceptors (Lipinski definition) is 3. The number of aryl methyl sites for hydroxylation is 1. The van der Waals surface area contributed by atoms with Crippen LogP contribution in [0.4, 0.5) is 0 Å². The molecule has 136 valence electrons. The molecule has 4 nitrogen and oxygen atoms in total. The first kappa shape index (κ1) is 19.6. The highest BCUT2D eigenvalue weighted by atomic mass is 32.2. The molecule has 2 aromatic carbocycles. The first-order valence-corrected chi connectivity index (χ1v) is 10.1. The van der Waals surface area contributed by atoms with Crippen molar-refractivity contribution < 1.29 is 8.42 Å². The molecule has 0 saturated carbocycles. The predicted octanol–water partition coefficient (Wildman–Crippen LogP) is 3.91. The smallest absolute Gasteiger partial charge is 0.242 e. The van der Waals surface area contributed by atoms with Crippen molar-refractivity contribution in [2.24, 2.45) is 0 Å². The summed E-state index contributed by atoms with van der Waals surface area (Å²) < 4.78 is 25.5. The maximum Gasteiger partial charge on any atom is 0.242 e. The molecular weight excluding hydrogens is 332 g/mol. The second kappa shape index (κ2) is 8.13. The molecule has 2 atom stereocenters. The molecule has 0 aromatic heterocycles. The minimum Gasteiger partial charge on any atom is -0.304 e. The Morgan fingerprint density at radius 2 is 1.32 bits per heavy atom. The van der Waals surface area contributed by atoms with Gasteiger partial charge < -0.3 is 5.32 Å². The number of sulfonamides is 1. The molecular formula is C20H28N2O2S. The molecule has 0 bridgehead atoms. The van der Waals surface area contributed by atoms with Gasteiger partial charge in [0.05, 0.1) is 4.90 Å². The normalized spacial score (nSPS) is 14.5. The molecule has 0 saturated heterocycles. The molecule has 0 spiro atoms. The predicted molar refractivity (Wildman–Crippen MR) is 103 cm³/mol. The minimum atomic E-state index is -3.38. The van der Waals surface area contributed by atoms with E-state index in [0.29, 0.717) is 4.90 Å². The van der Waals surface area contributed by atoms with Crippen LogP contribution in [0.5, 0.6) is 0 Å². The van der Waals surface area contributed by atoms with Crippen molar-refractivity contribution >= 4 is 10.0 Å². The lowest BCUT2D eigenvalue weighted by Crippen LogP contribution is -2.23. The van der Waals surface area contributed by atoms with E-state index in [1.54, 1.807) is 26.2 Å². The fourth-order valence-electron chi connectivity index (χ4n) is 2.75. The summed E-state index contributed by atoms with van der Waals surface area (Å²) in [7, 11) is -0.298. The van der Waals surface area contributed by atoms with Crippen molar-refractivity contribution in [2.45, 2.75) is 44.2 Å². The van der Waals surface area contributed by atoms with Gasteiger partial charge >= 0.3 is 0 Å². The average molecular weight is 361 g/mol. The van der Waals surface area contributed by atoms with Crippen LogP contribution in [0.1, 0.15) is 49.5 Å². The highest BCUT2D eigenvalue weighted by Gasteiger charge is 2.18. The molecule has 2 aromatic rings. The second-order valence-corrected chi connectivity index (χ2v) is 8.71. The highest BCUT2D eigenvalue weighted by Crippen LogP contribution is 2.22. The van der Waals surface area contributed by atoms with E-state index in [1.807, 2.05) is 12.1 Å². The Hall–Kier alpha value is -1.69. The molecule has 25 heavy (non-hydrogen) atoms. The molecule has 0 aliphatic carbocycles. The molecule has 0 radical (unpaired) electrons. The molecule has 0 aliphatic rings. The Morgan fingerprint density at radius 1 is 0.880 bits per heavy atom. The Bertz CT molecular complexity index is 781. The van der Waals surface area contributed by atoms with Crippen molar-refractivity contribution in [1.82, 2.24) is 9.62 Å². The maximum atomic E-state index is 12.1. The Kier molecular flexibility index (Phi) is 6.38. The fourth-order valence-corrected chi connectivity index (χ4v) is 3.65.